The zero-order valence-corrected chi connectivity index (χ0v) is 15.2. The Balaban J connectivity index is 1.79. The van der Waals surface area contributed by atoms with Crippen molar-refractivity contribution in [2.75, 3.05) is 13.2 Å². The molecule has 2 rings (SSSR count). The Kier molecular flexibility index (Phi) is 6.93. The third-order valence-electron chi connectivity index (χ3n) is 5.16. The number of nitrogens with one attached hydrogen (secondary N) is 1. The van der Waals surface area contributed by atoms with Gasteiger partial charge in [0.05, 0.1) is 10.5 Å². The van der Waals surface area contributed by atoms with Crippen LogP contribution >= 0.6 is 0 Å². The van der Waals surface area contributed by atoms with E-state index < -0.39 is 10.9 Å². The van der Waals surface area contributed by atoms with Crippen molar-refractivity contribution in [2.24, 2.45) is 17.8 Å². The van der Waals surface area contributed by atoms with Gasteiger partial charge in [0.2, 0.25) is 0 Å². The van der Waals surface area contributed by atoms with Crippen molar-refractivity contribution < 1.29 is 14.5 Å². The number of hydrogen-bond acceptors (Lipinski definition) is 5. The Morgan fingerprint density at radius 1 is 1.32 bits per heavy atom. The van der Waals surface area contributed by atoms with Crippen LogP contribution in [0.5, 0.6) is 0 Å². The number of benzene rings is 1. The lowest BCUT2D eigenvalue weighted by atomic mass is 9.73. The van der Waals surface area contributed by atoms with E-state index in [9.17, 15) is 14.9 Å². The van der Waals surface area contributed by atoms with E-state index in [0.717, 1.165) is 0 Å². The molecular formula is C19H28N2O4. The first-order valence-corrected chi connectivity index (χ1v) is 9.05. The maximum atomic E-state index is 12.0. The highest BCUT2D eigenvalue weighted by Gasteiger charge is 2.31. The zero-order chi connectivity index (χ0) is 18.4. The van der Waals surface area contributed by atoms with E-state index >= 15 is 0 Å². The van der Waals surface area contributed by atoms with E-state index in [1.807, 2.05) is 0 Å². The van der Waals surface area contributed by atoms with Gasteiger partial charge in [-0.2, -0.15) is 0 Å². The molecule has 1 saturated carbocycles. The number of nitrogens with zero attached hydrogens (tertiary/aromatic N) is 1. The van der Waals surface area contributed by atoms with Crippen molar-refractivity contribution in [1.29, 1.82) is 0 Å². The normalized spacial score (nSPS) is 23.4. The Morgan fingerprint density at radius 3 is 2.60 bits per heavy atom. The van der Waals surface area contributed by atoms with Crippen molar-refractivity contribution in [3.63, 3.8) is 0 Å². The van der Waals surface area contributed by atoms with Crippen molar-refractivity contribution in [1.82, 2.24) is 5.32 Å². The molecule has 0 heterocycles. The quantitative estimate of drug-likeness (QED) is 0.351. The molecule has 1 aliphatic carbocycles. The summed E-state index contributed by atoms with van der Waals surface area (Å²) in [6.45, 7) is 7.74. The molecule has 0 aromatic heterocycles. The van der Waals surface area contributed by atoms with Crippen LogP contribution in [0.1, 0.15) is 50.4 Å². The number of nitro benzene ring substituents is 1. The lowest BCUT2D eigenvalue weighted by Crippen LogP contribution is -2.46. The fraction of sp³-hybridized carbons (Fsp3) is 0.632. The van der Waals surface area contributed by atoms with Crippen LogP contribution in [-0.4, -0.2) is 30.1 Å². The van der Waals surface area contributed by atoms with Gasteiger partial charge in [0.1, 0.15) is 6.61 Å². The van der Waals surface area contributed by atoms with Gasteiger partial charge < -0.3 is 10.1 Å². The Morgan fingerprint density at radius 2 is 2.00 bits per heavy atom. The van der Waals surface area contributed by atoms with Gasteiger partial charge in [-0.1, -0.05) is 27.2 Å². The molecule has 1 aromatic carbocycles. The monoisotopic (exact) mass is 348 g/mol. The lowest BCUT2D eigenvalue weighted by Gasteiger charge is -2.39. The molecule has 1 N–H and O–H groups in total. The van der Waals surface area contributed by atoms with E-state index in [1.165, 1.54) is 43.5 Å². The van der Waals surface area contributed by atoms with Crippen molar-refractivity contribution >= 4 is 11.7 Å². The van der Waals surface area contributed by atoms with Crippen LogP contribution < -0.4 is 5.32 Å². The molecule has 0 unspecified atom stereocenters. The molecule has 1 fully saturated rings. The molecular weight excluding hydrogens is 320 g/mol. The fourth-order valence-electron chi connectivity index (χ4n) is 3.73. The summed E-state index contributed by atoms with van der Waals surface area (Å²) in [6, 6.07) is 5.93. The minimum atomic E-state index is -0.491. The second-order valence-electron chi connectivity index (χ2n) is 7.24. The lowest BCUT2D eigenvalue weighted by molar-refractivity contribution is -0.384. The topological polar surface area (TPSA) is 81.5 Å². The van der Waals surface area contributed by atoms with E-state index in [-0.39, 0.29) is 5.69 Å². The molecule has 138 valence electrons. The molecule has 0 aliphatic heterocycles. The van der Waals surface area contributed by atoms with E-state index in [4.69, 9.17) is 4.74 Å². The summed E-state index contributed by atoms with van der Waals surface area (Å²) in [6.07, 6.45) is 3.78. The summed E-state index contributed by atoms with van der Waals surface area (Å²) in [5, 5.41) is 14.2. The first-order valence-electron chi connectivity index (χ1n) is 9.05. The highest BCUT2D eigenvalue weighted by Crippen LogP contribution is 2.33. The second kappa shape index (κ2) is 8.94. The molecule has 1 aliphatic rings. The van der Waals surface area contributed by atoms with E-state index in [0.29, 0.717) is 42.5 Å². The number of nitro groups is 1. The summed E-state index contributed by atoms with van der Waals surface area (Å²) in [5.74, 6) is 1.48. The van der Waals surface area contributed by atoms with Gasteiger partial charge in [-0.3, -0.25) is 10.1 Å². The Bertz CT molecular complexity index is 586. The summed E-state index contributed by atoms with van der Waals surface area (Å²) >= 11 is 0. The van der Waals surface area contributed by atoms with Gasteiger partial charge in [0, 0.05) is 24.7 Å². The number of non-ortho nitro benzene ring substituents is 1. The standard InChI is InChI=1S/C19H28N2O4/c1-13(2)17-6-4-5-14(3)18(17)20-11-12-25-19(22)15-7-9-16(10-8-15)21(23)24/h7-10,13-14,17-18,20H,4-6,11-12H2,1-3H3/t14-,17+,18+/m0/s1. The van der Waals surface area contributed by atoms with E-state index in [2.05, 4.69) is 26.1 Å². The maximum absolute atomic E-state index is 12.0. The fourth-order valence-corrected chi connectivity index (χ4v) is 3.73. The maximum Gasteiger partial charge on any atom is 0.338 e. The molecule has 1 aromatic rings. The largest absolute Gasteiger partial charge is 0.461 e. The molecule has 6 heteroatoms. The van der Waals surface area contributed by atoms with Crippen LogP contribution in [0.25, 0.3) is 0 Å². The predicted molar refractivity (Wildman–Crippen MR) is 96.5 cm³/mol. The number of rotatable bonds is 7. The van der Waals surface area contributed by atoms with Crippen molar-refractivity contribution in [3.8, 4) is 0 Å². The molecule has 3 atom stereocenters. The SMILES string of the molecule is CC(C)[C@H]1CCC[C@H](C)[C@H]1NCCOC(=O)c1ccc([N+](=O)[O-])cc1. The van der Waals surface area contributed by atoms with Gasteiger partial charge in [-0.15, -0.1) is 0 Å². The number of esters is 1. The Labute approximate surface area is 149 Å². The molecule has 25 heavy (non-hydrogen) atoms. The second-order valence-corrected chi connectivity index (χ2v) is 7.24. The number of hydrogen-bond donors (Lipinski definition) is 1. The molecule has 0 bridgehead atoms. The summed E-state index contributed by atoms with van der Waals surface area (Å²) in [4.78, 5) is 22.1. The minimum absolute atomic E-state index is 0.0377. The molecule has 0 spiro atoms. The minimum Gasteiger partial charge on any atom is -0.461 e. The van der Waals surface area contributed by atoms with Gasteiger partial charge in [0.15, 0.2) is 0 Å². The van der Waals surface area contributed by atoms with Crippen LogP contribution in [0, 0.1) is 27.9 Å². The summed E-state index contributed by atoms with van der Waals surface area (Å²) in [7, 11) is 0. The van der Waals surface area contributed by atoms with Crippen LogP contribution in [0.2, 0.25) is 0 Å². The number of ether oxygens (including phenoxy) is 1. The smallest absolute Gasteiger partial charge is 0.338 e. The average molecular weight is 348 g/mol. The van der Waals surface area contributed by atoms with Crippen LogP contribution in [0.4, 0.5) is 5.69 Å². The molecule has 6 nitrogen and oxygen atoms in total. The third-order valence-corrected chi connectivity index (χ3v) is 5.16. The molecule has 0 saturated heterocycles. The highest BCUT2D eigenvalue weighted by atomic mass is 16.6. The highest BCUT2D eigenvalue weighted by molar-refractivity contribution is 5.89. The molecule has 0 radical (unpaired) electrons. The number of carbonyl (C=O) groups is 1. The van der Waals surface area contributed by atoms with Crippen molar-refractivity contribution in [2.45, 2.75) is 46.1 Å². The summed E-state index contributed by atoms with van der Waals surface area (Å²) < 4.78 is 5.28. The Hall–Kier alpha value is -1.95. The predicted octanol–water partition coefficient (Wildman–Crippen LogP) is 3.80. The summed E-state index contributed by atoms with van der Waals surface area (Å²) in [5.41, 5.74) is 0.293. The first-order chi connectivity index (χ1) is 11.9. The van der Waals surface area contributed by atoms with Crippen LogP contribution in [0.3, 0.4) is 0 Å². The third kappa shape index (κ3) is 5.26. The van der Waals surface area contributed by atoms with Crippen molar-refractivity contribution in [3.05, 3.63) is 39.9 Å². The average Bonchev–Trinajstić information content (AvgIpc) is 2.59. The van der Waals surface area contributed by atoms with Gasteiger partial charge in [-0.25, -0.2) is 4.79 Å². The van der Waals surface area contributed by atoms with E-state index in [1.54, 1.807) is 0 Å². The van der Waals surface area contributed by atoms with Gasteiger partial charge in [-0.05, 0) is 42.7 Å². The first kappa shape index (κ1) is 19.4. The molecule has 0 amide bonds. The van der Waals surface area contributed by atoms with Crippen LogP contribution in [-0.2, 0) is 4.74 Å². The number of carbonyl (C=O) groups excluding carboxylic acids is 1. The van der Waals surface area contributed by atoms with Gasteiger partial charge >= 0.3 is 5.97 Å². The van der Waals surface area contributed by atoms with Gasteiger partial charge in [0.25, 0.3) is 5.69 Å². The zero-order valence-electron chi connectivity index (χ0n) is 15.2. The van der Waals surface area contributed by atoms with Crippen LogP contribution in [0.15, 0.2) is 24.3 Å².